The second-order valence-electron chi connectivity index (χ2n) is 8.45. The van der Waals surface area contributed by atoms with Gasteiger partial charge in [0.15, 0.2) is 11.6 Å². The molecule has 0 bridgehead atoms. The number of aryl methyl sites for hydroxylation is 3. The van der Waals surface area contributed by atoms with Gasteiger partial charge in [-0.2, -0.15) is 5.10 Å². The highest BCUT2D eigenvalue weighted by atomic mass is 19.1. The number of rotatable bonds is 5. The van der Waals surface area contributed by atoms with Crippen LogP contribution in [-0.2, 0) is 0 Å². The summed E-state index contributed by atoms with van der Waals surface area (Å²) in [6.07, 6.45) is 2.79. The molecule has 0 spiro atoms. The first-order valence-electron chi connectivity index (χ1n) is 11.2. The molecule has 0 saturated carbocycles. The Morgan fingerprint density at radius 3 is 2.47 bits per heavy atom. The molecular weight excluding hydrogens is 461 g/mol. The van der Waals surface area contributed by atoms with Crippen LogP contribution in [0.2, 0.25) is 0 Å². The van der Waals surface area contributed by atoms with Gasteiger partial charge < -0.3 is 15.5 Å². The maximum atomic E-state index is 15.2. The molecule has 5 aromatic rings. The van der Waals surface area contributed by atoms with Crippen LogP contribution < -0.4 is 5.32 Å². The predicted molar refractivity (Wildman–Crippen MR) is 135 cm³/mol. The number of carboxylic acid groups (broad SMARTS) is 1. The summed E-state index contributed by atoms with van der Waals surface area (Å²) >= 11 is 0. The Morgan fingerprint density at radius 1 is 1.00 bits per heavy atom. The van der Waals surface area contributed by atoms with Gasteiger partial charge in [-0.15, -0.1) is 0 Å². The largest absolute Gasteiger partial charge is 0.504 e. The van der Waals surface area contributed by atoms with Crippen LogP contribution in [0.15, 0.2) is 60.9 Å². The fourth-order valence-electron chi connectivity index (χ4n) is 4.32. The molecule has 0 aliphatic carbocycles. The third-order valence-electron chi connectivity index (χ3n) is 6.10. The number of anilines is 2. The average Bonchev–Trinajstić information content (AvgIpc) is 3.18. The van der Waals surface area contributed by atoms with Crippen LogP contribution in [0, 0.1) is 26.6 Å². The number of carbonyl (C=O) groups is 1. The van der Waals surface area contributed by atoms with E-state index in [4.69, 9.17) is 5.10 Å². The lowest BCUT2D eigenvalue weighted by Gasteiger charge is -2.17. The quantitative estimate of drug-likeness (QED) is 0.294. The minimum atomic E-state index is -1.10. The van der Waals surface area contributed by atoms with Crippen LogP contribution in [0.25, 0.3) is 27.8 Å². The molecule has 9 heteroatoms. The molecular formula is C27H22FN5O3. The summed E-state index contributed by atoms with van der Waals surface area (Å²) in [4.78, 5) is 20.2. The normalized spacial score (nSPS) is 11.1. The highest BCUT2D eigenvalue weighted by Gasteiger charge is 2.26. The smallest absolute Gasteiger partial charge is 0.337 e. The van der Waals surface area contributed by atoms with E-state index in [-0.39, 0.29) is 22.2 Å². The van der Waals surface area contributed by atoms with Crippen LogP contribution >= 0.6 is 0 Å². The first-order chi connectivity index (χ1) is 17.3. The third-order valence-corrected chi connectivity index (χ3v) is 6.10. The zero-order valence-electron chi connectivity index (χ0n) is 19.7. The Labute approximate surface area is 205 Å². The van der Waals surface area contributed by atoms with Crippen molar-refractivity contribution in [3.8, 4) is 22.6 Å². The van der Waals surface area contributed by atoms with Crippen molar-refractivity contribution in [3.05, 3.63) is 89.1 Å². The van der Waals surface area contributed by atoms with Gasteiger partial charge in [0.2, 0.25) is 0 Å². The number of fused-ring (bicyclic) bond motifs is 1. The van der Waals surface area contributed by atoms with Crippen LogP contribution in [0.1, 0.15) is 27.2 Å². The van der Waals surface area contributed by atoms with E-state index in [9.17, 15) is 15.0 Å². The lowest BCUT2D eigenvalue weighted by Crippen LogP contribution is -2.09. The van der Waals surface area contributed by atoms with Gasteiger partial charge in [-0.3, -0.25) is 4.98 Å². The lowest BCUT2D eigenvalue weighted by molar-refractivity contribution is 0.0698. The van der Waals surface area contributed by atoms with E-state index in [0.717, 1.165) is 11.3 Å². The molecule has 0 aliphatic heterocycles. The van der Waals surface area contributed by atoms with Crippen molar-refractivity contribution in [2.75, 3.05) is 5.32 Å². The number of hydrogen-bond donors (Lipinski definition) is 3. The van der Waals surface area contributed by atoms with Crippen molar-refractivity contribution in [2.45, 2.75) is 20.8 Å². The molecule has 180 valence electrons. The fraction of sp³-hybridized carbons (Fsp3) is 0.111. The number of phenolic OH excluding ortho intramolecular Hbond substituents is 1. The number of nitrogens with one attached hydrogen (secondary N) is 1. The molecule has 5 rings (SSSR count). The molecule has 0 unspecified atom stereocenters. The number of aromatic hydroxyl groups is 1. The number of aromatic nitrogens is 4. The Bertz CT molecular complexity index is 1660. The number of carboxylic acids is 1. The molecule has 8 nitrogen and oxygen atoms in total. The van der Waals surface area contributed by atoms with Gasteiger partial charge in [-0.05, 0) is 50.1 Å². The van der Waals surface area contributed by atoms with Crippen LogP contribution in [0.4, 0.5) is 15.9 Å². The number of aromatic carboxylic acids is 1. The second-order valence-corrected chi connectivity index (χ2v) is 8.45. The van der Waals surface area contributed by atoms with Crippen molar-refractivity contribution in [1.82, 2.24) is 19.7 Å². The monoisotopic (exact) mass is 483 g/mol. The third kappa shape index (κ3) is 3.70. The van der Waals surface area contributed by atoms with Crippen molar-refractivity contribution < 1.29 is 19.4 Å². The minimum Gasteiger partial charge on any atom is -0.504 e. The number of para-hydroxylation sites is 2. The van der Waals surface area contributed by atoms with Gasteiger partial charge in [0.1, 0.15) is 11.3 Å². The predicted octanol–water partition coefficient (Wildman–Crippen LogP) is 5.69. The molecule has 0 saturated heterocycles. The number of halogens is 1. The second kappa shape index (κ2) is 8.77. The van der Waals surface area contributed by atoms with E-state index >= 15 is 4.39 Å². The summed E-state index contributed by atoms with van der Waals surface area (Å²) in [5.74, 6) is -2.22. The molecule has 0 radical (unpaired) electrons. The first kappa shape index (κ1) is 23.0. The van der Waals surface area contributed by atoms with Crippen molar-refractivity contribution in [3.63, 3.8) is 0 Å². The van der Waals surface area contributed by atoms with E-state index < -0.39 is 17.5 Å². The Kier molecular flexibility index (Phi) is 5.60. The Balaban J connectivity index is 1.84. The molecule has 36 heavy (non-hydrogen) atoms. The van der Waals surface area contributed by atoms with Gasteiger partial charge in [-0.1, -0.05) is 30.3 Å². The van der Waals surface area contributed by atoms with E-state index in [1.54, 1.807) is 36.7 Å². The van der Waals surface area contributed by atoms with Gasteiger partial charge in [0.05, 0.1) is 33.7 Å². The fourth-order valence-corrected chi connectivity index (χ4v) is 4.32. The van der Waals surface area contributed by atoms with E-state index in [2.05, 4.69) is 15.3 Å². The zero-order valence-corrected chi connectivity index (χ0v) is 19.7. The molecule has 2 aromatic heterocycles. The van der Waals surface area contributed by atoms with Crippen molar-refractivity contribution in [1.29, 1.82) is 0 Å². The first-order valence-corrected chi connectivity index (χ1v) is 11.2. The molecule has 2 heterocycles. The SMILES string of the molecule is Cc1ccccc1-n1nc(C)c(-c2cc3nccnc3c(F)c2O)c1Nc1c(C)cccc1C(=O)O. The lowest BCUT2D eigenvalue weighted by atomic mass is 10.0. The van der Waals surface area contributed by atoms with E-state index in [1.807, 2.05) is 31.2 Å². The molecule has 0 amide bonds. The topological polar surface area (TPSA) is 113 Å². The standard InChI is InChI=1S/C27H22FN5O3/c1-14-7-4-5-10-20(14)33-26(31-23-15(2)8-6-9-17(23)27(35)36)21(16(3)32-33)18-13-19-24(22(28)25(18)34)30-12-11-29-19/h4-13,31,34H,1-3H3,(H,35,36). The molecule has 0 aliphatic rings. The van der Waals surface area contributed by atoms with Gasteiger partial charge in [0, 0.05) is 18.0 Å². The summed E-state index contributed by atoms with van der Waals surface area (Å²) in [7, 11) is 0. The highest BCUT2D eigenvalue weighted by Crippen LogP contribution is 2.43. The molecule has 0 fully saturated rings. The van der Waals surface area contributed by atoms with Gasteiger partial charge in [-0.25, -0.2) is 18.9 Å². The average molecular weight is 484 g/mol. The summed E-state index contributed by atoms with van der Waals surface area (Å²) < 4.78 is 16.8. The van der Waals surface area contributed by atoms with E-state index in [0.29, 0.717) is 28.3 Å². The van der Waals surface area contributed by atoms with Gasteiger partial charge in [0.25, 0.3) is 0 Å². The summed E-state index contributed by atoms with van der Waals surface area (Å²) in [6.45, 7) is 5.46. The molecule has 3 N–H and O–H groups in total. The molecule has 0 atom stereocenters. The minimum absolute atomic E-state index is 0.0516. The van der Waals surface area contributed by atoms with E-state index in [1.165, 1.54) is 18.5 Å². The van der Waals surface area contributed by atoms with Crippen LogP contribution in [-0.4, -0.2) is 35.9 Å². The number of benzene rings is 3. The summed E-state index contributed by atoms with van der Waals surface area (Å²) in [6, 6.07) is 14.1. The highest BCUT2D eigenvalue weighted by molar-refractivity contribution is 5.98. The zero-order chi connectivity index (χ0) is 25.6. The number of nitrogens with zero attached hydrogens (tertiary/aromatic N) is 4. The Morgan fingerprint density at radius 2 is 1.72 bits per heavy atom. The van der Waals surface area contributed by atoms with Crippen LogP contribution in [0.5, 0.6) is 5.75 Å². The Hall–Kier alpha value is -4.79. The maximum Gasteiger partial charge on any atom is 0.337 e. The van der Waals surface area contributed by atoms with Crippen molar-refractivity contribution >= 4 is 28.5 Å². The number of hydrogen-bond acceptors (Lipinski definition) is 6. The van der Waals surface area contributed by atoms with Gasteiger partial charge >= 0.3 is 5.97 Å². The van der Waals surface area contributed by atoms with Crippen molar-refractivity contribution in [2.24, 2.45) is 0 Å². The maximum absolute atomic E-state index is 15.2. The number of phenols is 1. The summed E-state index contributed by atoms with van der Waals surface area (Å²) in [5, 5.41) is 28.7. The summed E-state index contributed by atoms with van der Waals surface area (Å²) in [5.41, 5.74) is 4.03. The van der Waals surface area contributed by atoms with Crippen LogP contribution in [0.3, 0.4) is 0 Å². The molecule has 3 aromatic carbocycles.